The van der Waals surface area contributed by atoms with Crippen LogP contribution in [0.1, 0.15) is 11.1 Å². The normalized spacial score (nSPS) is 15.7. The molecular formula is C21H26ClN3O3S. The van der Waals surface area contributed by atoms with Crippen LogP contribution >= 0.6 is 11.6 Å². The van der Waals surface area contributed by atoms with Gasteiger partial charge in [-0.05, 0) is 29.3 Å². The summed E-state index contributed by atoms with van der Waals surface area (Å²) in [5, 5.41) is 0.618. The first-order chi connectivity index (χ1) is 13.8. The van der Waals surface area contributed by atoms with Crippen LogP contribution in [0.3, 0.4) is 0 Å². The molecule has 1 aliphatic heterocycles. The van der Waals surface area contributed by atoms with Gasteiger partial charge in [0.1, 0.15) is 0 Å². The summed E-state index contributed by atoms with van der Waals surface area (Å²) < 4.78 is 25.9. The molecule has 0 N–H and O–H groups in total. The molecule has 3 rings (SSSR count). The van der Waals surface area contributed by atoms with Gasteiger partial charge >= 0.3 is 0 Å². The Bertz CT molecular complexity index is 971. The van der Waals surface area contributed by atoms with Gasteiger partial charge in [-0.1, -0.05) is 41.9 Å². The molecule has 0 aromatic heterocycles. The van der Waals surface area contributed by atoms with Gasteiger partial charge in [0.05, 0.1) is 11.3 Å². The third-order valence-corrected chi connectivity index (χ3v) is 7.29. The molecular weight excluding hydrogens is 410 g/mol. The predicted molar refractivity (Wildman–Crippen MR) is 114 cm³/mol. The molecule has 1 amide bonds. The third-order valence-electron chi connectivity index (χ3n) is 5.11. The van der Waals surface area contributed by atoms with Gasteiger partial charge in [-0.25, -0.2) is 12.7 Å². The molecule has 6 nitrogen and oxygen atoms in total. The molecule has 0 aliphatic carbocycles. The van der Waals surface area contributed by atoms with Crippen LogP contribution in [-0.4, -0.2) is 68.7 Å². The number of carbonyl (C=O) groups is 1. The quantitative estimate of drug-likeness (QED) is 0.699. The SMILES string of the molecule is CN(C)S(=O)(=O)c1cccc(CN2CCN(C(=O)Cc3ccccc3Cl)CC2)c1. The number of carbonyl (C=O) groups excluding carboxylic acids is 1. The summed E-state index contributed by atoms with van der Waals surface area (Å²) in [7, 11) is -0.385. The molecule has 8 heteroatoms. The highest BCUT2D eigenvalue weighted by molar-refractivity contribution is 7.89. The van der Waals surface area contributed by atoms with E-state index in [4.69, 9.17) is 11.6 Å². The zero-order valence-corrected chi connectivity index (χ0v) is 18.3. The molecule has 0 radical (unpaired) electrons. The Morgan fingerprint density at radius 2 is 1.72 bits per heavy atom. The van der Waals surface area contributed by atoms with Crippen molar-refractivity contribution >= 4 is 27.5 Å². The summed E-state index contributed by atoms with van der Waals surface area (Å²) in [4.78, 5) is 17.0. The van der Waals surface area contributed by atoms with Crippen LogP contribution in [0.25, 0.3) is 0 Å². The first kappa shape index (κ1) is 21.8. The van der Waals surface area contributed by atoms with Crippen molar-refractivity contribution < 1.29 is 13.2 Å². The first-order valence-electron chi connectivity index (χ1n) is 9.52. The highest BCUT2D eigenvalue weighted by Crippen LogP contribution is 2.19. The second kappa shape index (κ2) is 9.26. The minimum Gasteiger partial charge on any atom is -0.340 e. The van der Waals surface area contributed by atoms with E-state index < -0.39 is 10.0 Å². The van der Waals surface area contributed by atoms with Crippen molar-refractivity contribution in [1.29, 1.82) is 0 Å². The smallest absolute Gasteiger partial charge is 0.242 e. The van der Waals surface area contributed by atoms with Crippen LogP contribution in [0, 0.1) is 0 Å². The largest absolute Gasteiger partial charge is 0.340 e. The van der Waals surface area contributed by atoms with Gasteiger partial charge in [0.15, 0.2) is 0 Å². The molecule has 1 fully saturated rings. The number of rotatable bonds is 6. The van der Waals surface area contributed by atoms with Crippen molar-refractivity contribution in [2.75, 3.05) is 40.3 Å². The second-order valence-corrected chi connectivity index (χ2v) is 9.92. The average Bonchev–Trinajstić information content (AvgIpc) is 2.70. The number of hydrogen-bond acceptors (Lipinski definition) is 4. The minimum absolute atomic E-state index is 0.0804. The van der Waals surface area contributed by atoms with Gasteiger partial charge in [-0.15, -0.1) is 0 Å². The maximum Gasteiger partial charge on any atom is 0.242 e. The number of benzene rings is 2. The van der Waals surface area contributed by atoms with E-state index in [2.05, 4.69) is 4.90 Å². The fraction of sp³-hybridized carbons (Fsp3) is 0.381. The van der Waals surface area contributed by atoms with Crippen molar-refractivity contribution in [3.8, 4) is 0 Å². The highest BCUT2D eigenvalue weighted by Gasteiger charge is 2.22. The Kier molecular flexibility index (Phi) is 6.95. The third kappa shape index (κ3) is 5.36. The Morgan fingerprint density at radius 1 is 1.03 bits per heavy atom. The van der Waals surface area contributed by atoms with E-state index in [0.717, 1.165) is 24.2 Å². The van der Waals surface area contributed by atoms with Gasteiger partial charge in [-0.3, -0.25) is 9.69 Å². The van der Waals surface area contributed by atoms with Gasteiger partial charge in [-0.2, -0.15) is 0 Å². The summed E-state index contributed by atoms with van der Waals surface area (Å²) in [6.45, 7) is 3.46. The Balaban J connectivity index is 1.56. The number of piperazine rings is 1. The topological polar surface area (TPSA) is 60.9 Å². The maximum atomic E-state index is 12.6. The zero-order chi connectivity index (χ0) is 21.0. The summed E-state index contributed by atoms with van der Waals surface area (Å²) in [5.74, 6) is 0.0804. The first-order valence-corrected chi connectivity index (χ1v) is 11.3. The van der Waals surface area contributed by atoms with Crippen LogP contribution in [0.2, 0.25) is 5.02 Å². The zero-order valence-electron chi connectivity index (χ0n) is 16.7. The van der Waals surface area contributed by atoms with Gasteiger partial charge in [0, 0.05) is 51.8 Å². The Morgan fingerprint density at radius 3 is 2.38 bits per heavy atom. The number of nitrogens with zero attached hydrogens (tertiary/aromatic N) is 3. The molecule has 29 heavy (non-hydrogen) atoms. The van der Waals surface area contributed by atoms with E-state index in [1.807, 2.05) is 29.2 Å². The van der Waals surface area contributed by atoms with Gasteiger partial charge in [0.2, 0.25) is 15.9 Å². The lowest BCUT2D eigenvalue weighted by Crippen LogP contribution is -2.48. The molecule has 0 spiro atoms. The van der Waals surface area contributed by atoms with Crippen molar-refractivity contribution in [1.82, 2.24) is 14.1 Å². The fourth-order valence-electron chi connectivity index (χ4n) is 3.35. The molecule has 0 bridgehead atoms. The second-order valence-electron chi connectivity index (χ2n) is 7.36. The highest BCUT2D eigenvalue weighted by atomic mass is 35.5. The Hall–Kier alpha value is -1.93. The van der Waals surface area contributed by atoms with E-state index in [-0.39, 0.29) is 5.91 Å². The van der Waals surface area contributed by atoms with Crippen molar-refractivity contribution in [2.45, 2.75) is 17.9 Å². The molecule has 0 atom stereocenters. The number of sulfonamides is 1. The number of hydrogen-bond donors (Lipinski definition) is 0. The number of halogens is 1. The molecule has 2 aromatic rings. The van der Waals surface area contributed by atoms with Crippen molar-refractivity contribution in [2.24, 2.45) is 0 Å². The minimum atomic E-state index is -3.44. The van der Waals surface area contributed by atoms with E-state index in [9.17, 15) is 13.2 Å². The standard InChI is InChI=1S/C21H26ClN3O3S/c1-23(2)29(27,28)19-8-5-6-17(14-19)16-24-10-12-25(13-11-24)21(26)15-18-7-3-4-9-20(18)22/h3-9,14H,10-13,15-16H2,1-2H3. The van der Waals surface area contributed by atoms with E-state index in [1.54, 1.807) is 24.3 Å². The summed E-state index contributed by atoms with van der Waals surface area (Å²) in [5.41, 5.74) is 1.80. The van der Waals surface area contributed by atoms with Crippen molar-refractivity contribution in [3.05, 3.63) is 64.7 Å². The molecule has 156 valence electrons. The maximum absolute atomic E-state index is 12.6. The molecule has 0 unspecified atom stereocenters. The van der Waals surface area contributed by atoms with E-state index >= 15 is 0 Å². The number of amides is 1. The summed E-state index contributed by atoms with van der Waals surface area (Å²) >= 11 is 6.16. The van der Waals surface area contributed by atoms with Crippen LogP contribution in [0.15, 0.2) is 53.4 Å². The molecule has 1 heterocycles. The van der Waals surface area contributed by atoms with Gasteiger partial charge < -0.3 is 4.90 Å². The lowest BCUT2D eigenvalue weighted by molar-refractivity contribution is -0.132. The van der Waals surface area contributed by atoms with Crippen LogP contribution in [-0.2, 0) is 27.8 Å². The van der Waals surface area contributed by atoms with Crippen molar-refractivity contribution in [3.63, 3.8) is 0 Å². The fourth-order valence-corrected chi connectivity index (χ4v) is 4.52. The summed E-state index contributed by atoms with van der Waals surface area (Å²) in [6.07, 6.45) is 0.310. The van der Waals surface area contributed by atoms with Crippen LogP contribution in [0.4, 0.5) is 0 Å². The molecule has 0 saturated carbocycles. The monoisotopic (exact) mass is 435 g/mol. The lowest BCUT2D eigenvalue weighted by Gasteiger charge is -2.35. The van der Waals surface area contributed by atoms with Gasteiger partial charge in [0.25, 0.3) is 0 Å². The van der Waals surface area contributed by atoms with E-state index in [0.29, 0.717) is 36.0 Å². The van der Waals surface area contributed by atoms with Crippen LogP contribution in [0.5, 0.6) is 0 Å². The molecule has 1 saturated heterocycles. The summed E-state index contributed by atoms with van der Waals surface area (Å²) in [6, 6.07) is 14.5. The molecule has 2 aromatic carbocycles. The molecule has 1 aliphatic rings. The van der Waals surface area contributed by atoms with E-state index in [1.165, 1.54) is 18.4 Å². The Labute approximate surface area is 177 Å². The lowest BCUT2D eigenvalue weighted by atomic mass is 10.1. The average molecular weight is 436 g/mol. The van der Waals surface area contributed by atoms with Crippen LogP contribution < -0.4 is 0 Å². The predicted octanol–water partition coefficient (Wildman–Crippen LogP) is 2.48.